The highest BCUT2D eigenvalue weighted by molar-refractivity contribution is 5.20. The maximum atomic E-state index is 11.8. The summed E-state index contributed by atoms with van der Waals surface area (Å²) in [5.41, 5.74) is 0.658. The number of aromatic hydroxyl groups is 1. The summed E-state index contributed by atoms with van der Waals surface area (Å²) in [4.78, 5) is 16.5. The van der Waals surface area contributed by atoms with E-state index >= 15 is 0 Å². The lowest BCUT2D eigenvalue weighted by atomic mass is 10.2. The number of rotatable bonds is 7. The predicted octanol–water partition coefficient (Wildman–Crippen LogP) is 1.12. The van der Waals surface area contributed by atoms with E-state index in [-0.39, 0.29) is 17.3 Å². The van der Waals surface area contributed by atoms with Crippen LogP contribution in [-0.2, 0) is 17.8 Å². The lowest BCUT2D eigenvalue weighted by Gasteiger charge is -2.32. The van der Waals surface area contributed by atoms with Crippen LogP contribution in [0.25, 0.3) is 0 Å². The number of piperazine rings is 1. The Hall–Kier alpha value is -1.37. The first-order valence-corrected chi connectivity index (χ1v) is 8.40. The molecule has 1 aliphatic rings. The summed E-state index contributed by atoms with van der Waals surface area (Å²) in [6.07, 6.45) is 2.64. The summed E-state index contributed by atoms with van der Waals surface area (Å²) < 4.78 is 7.55. The van der Waals surface area contributed by atoms with E-state index in [4.69, 9.17) is 4.74 Å². The third-order valence-electron chi connectivity index (χ3n) is 4.17. The number of hydrogen-bond acceptors (Lipinski definition) is 5. The number of aromatic nitrogens is 1. The van der Waals surface area contributed by atoms with Crippen molar-refractivity contribution >= 4 is 0 Å². The van der Waals surface area contributed by atoms with Crippen LogP contribution in [0.1, 0.15) is 26.0 Å². The summed E-state index contributed by atoms with van der Waals surface area (Å²) in [5, 5.41) is 9.73. The SMILES string of the molecule is CC(C)OCCCn1cc(O)c(=O)cc1CN1CCN(C)CC1. The zero-order valence-corrected chi connectivity index (χ0v) is 14.5. The van der Waals surface area contributed by atoms with Gasteiger partial charge in [0.1, 0.15) is 0 Å². The van der Waals surface area contributed by atoms with Gasteiger partial charge < -0.3 is 19.3 Å². The molecule has 0 unspecified atom stereocenters. The minimum absolute atomic E-state index is 0.183. The van der Waals surface area contributed by atoms with E-state index in [1.807, 2.05) is 18.4 Å². The molecule has 1 fully saturated rings. The Balaban J connectivity index is 2.01. The standard InChI is InChI=1S/C17H29N3O3/c1-14(2)23-10-4-5-20-13-17(22)16(21)11-15(20)12-19-8-6-18(3)7-9-19/h11,13-14,22H,4-10,12H2,1-3H3. The lowest BCUT2D eigenvalue weighted by Crippen LogP contribution is -2.44. The molecule has 1 aromatic rings. The summed E-state index contributed by atoms with van der Waals surface area (Å²) in [6.45, 7) is 10.3. The first-order valence-electron chi connectivity index (χ1n) is 8.40. The van der Waals surface area contributed by atoms with Crippen LogP contribution in [0.15, 0.2) is 17.1 Å². The molecular formula is C17H29N3O3. The number of ether oxygens (including phenoxy) is 1. The Morgan fingerprint density at radius 2 is 1.96 bits per heavy atom. The Bertz CT molecular complexity index is 549. The Labute approximate surface area is 138 Å². The van der Waals surface area contributed by atoms with E-state index in [0.29, 0.717) is 6.61 Å². The molecule has 2 heterocycles. The smallest absolute Gasteiger partial charge is 0.223 e. The fraction of sp³-hybridized carbons (Fsp3) is 0.706. The van der Waals surface area contributed by atoms with Crippen molar-refractivity contribution in [3.63, 3.8) is 0 Å². The highest BCUT2D eigenvalue weighted by atomic mass is 16.5. The predicted molar refractivity (Wildman–Crippen MR) is 90.8 cm³/mol. The highest BCUT2D eigenvalue weighted by Crippen LogP contribution is 2.11. The third kappa shape index (κ3) is 5.64. The van der Waals surface area contributed by atoms with Crippen LogP contribution < -0.4 is 5.43 Å². The molecule has 0 spiro atoms. The van der Waals surface area contributed by atoms with Crippen LogP contribution >= 0.6 is 0 Å². The molecule has 0 saturated carbocycles. The van der Waals surface area contributed by atoms with Gasteiger partial charge in [0.25, 0.3) is 0 Å². The molecule has 1 aliphatic heterocycles. The molecule has 1 saturated heterocycles. The van der Waals surface area contributed by atoms with Crippen LogP contribution in [0.2, 0.25) is 0 Å². The number of aryl methyl sites for hydroxylation is 1. The summed E-state index contributed by atoms with van der Waals surface area (Å²) in [6, 6.07) is 1.57. The molecule has 6 nitrogen and oxygen atoms in total. The van der Waals surface area contributed by atoms with Crippen molar-refractivity contribution in [1.29, 1.82) is 0 Å². The number of hydrogen-bond donors (Lipinski definition) is 1. The van der Waals surface area contributed by atoms with Gasteiger partial charge >= 0.3 is 0 Å². The molecule has 130 valence electrons. The van der Waals surface area contributed by atoms with Crippen molar-refractivity contribution in [1.82, 2.24) is 14.4 Å². The van der Waals surface area contributed by atoms with Crippen molar-refractivity contribution in [3.05, 3.63) is 28.2 Å². The minimum Gasteiger partial charge on any atom is -0.503 e. The second kappa shape index (κ2) is 8.47. The minimum atomic E-state index is -0.302. The summed E-state index contributed by atoms with van der Waals surface area (Å²) in [5.74, 6) is -0.183. The second-order valence-corrected chi connectivity index (χ2v) is 6.56. The summed E-state index contributed by atoms with van der Waals surface area (Å²) in [7, 11) is 2.13. The molecule has 2 rings (SSSR count). The molecule has 0 aromatic carbocycles. The highest BCUT2D eigenvalue weighted by Gasteiger charge is 2.16. The van der Waals surface area contributed by atoms with Gasteiger partial charge in [0.05, 0.1) is 12.3 Å². The van der Waals surface area contributed by atoms with Gasteiger partial charge in [-0.2, -0.15) is 0 Å². The van der Waals surface area contributed by atoms with Crippen LogP contribution in [0, 0.1) is 0 Å². The topological polar surface area (TPSA) is 57.9 Å². The number of pyridine rings is 1. The first kappa shape index (κ1) is 18.0. The zero-order chi connectivity index (χ0) is 16.8. The Morgan fingerprint density at radius 3 is 2.61 bits per heavy atom. The molecule has 0 amide bonds. The third-order valence-corrected chi connectivity index (χ3v) is 4.17. The van der Waals surface area contributed by atoms with Crippen LogP contribution in [-0.4, -0.2) is 65.4 Å². The number of nitrogens with zero attached hydrogens (tertiary/aromatic N) is 3. The van der Waals surface area contributed by atoms with E-state index in [1.54, 1.807) is 12.3 Å². The van der Waals surface area contributed by atoms with Crippen molar-refractivity contribution in [2.75, 3.05) is 39.8 Å². The van der Waals surface area contributed by atoms with E-state index in [1.165, 1.54) is 0 Å². The largest absolute Gasteiger partial charge is 0.503 e. The number of likely N-dealkylation sites (N-methyl/N-ethyl adjacent to an activating group) is 1. The molecule has 0 radical (unpaired) electrons. The Morgan fingerprint density at radius 1 is 1.26 bits per heavy atom. The van der Waals surface area contributed by atoms with Gasteiger partial charge in [0, 0.05) is 57.6 Å². The monoisotopic (exact) mass is 323 g/mol. The molecule has 1 N–H and O–H groups in total. The molecule has 0 aliphatic carbocycles. The van der Waals surface area contributed by atoms with Crippen molar-refractivity contribution < 1.29 is 9.84 Å². The van der Waals surface area contributed by atoms with Crippen LogP contribution in [0.4, 0.5) is 0 Å². The molecule has 0 atom stereocenters. The Kier molecular flexibility index (Phi) is 6.62. The fourth-order valence-corrected chi connectivity index (χ4v) is 2.74. The van der Waals surface area contributed by atoms with E-state index in [0.717, 1.165) is 51.4 Å². The lowest BCUT2D eigenvalue weighted by molar-refractivity contribution is 0.0744. The molecule has 0 bridgehead atoms. The molecular weight excluding hydrogens is 294 g/mol. The van der Waals surface area contributed by atoms with Gasteiger partial charge in [-0.25, -0.2) is 0 Å². The van der Waals surface area contributed by atoms with E-state index < -0.39 is 0 Å². The average molecular weight is 323 g/mol. The zero-order valence-electron chi connectivity index (χ0n) is 14.5. The molecule has 23 heavy (non-hydrogen) atoms. The second-order valence-electron chi connectivity index (χ2n) is 6.56. The van der Waals surface area contributed by atoms with Gasteiger partial charge in [-0.05, 0) is 27.3 Å². The fourth-order valence-electron chi connectivity index (χ4n) is 2.74. The normalized spacial score (nSPS) is 17.0. The van der Waals surface area contributed by atoms with E-state index in [2.05, 4.69) is 16.8 Å². The van der Waals surface area contributed by atoms with Gasteiger partial charge in [-0.1, -0.05) is 0 Å². The van der Waals surface area contributed by atoms with Gasteiger partial charge in [-0.15, -0.1) is 0 Å². The van der Waals surface area contributed by atoms with Crippen molar-refractivity contribution in [2.45, 2.75) is 39.5 Å². The van der Waals surface area contributed by atoms with Crippen LogP contribution in [0.3, 0.4) is 0 Å². The van der Waals surface area contributed by atoms with Gasteiger partial charge in [-0.3, -0.25) is 9.69 Å². The maximum absolute atomic E-state index is 11.8. The first-order chi connectivity index (χ1) is 11.0. The molecule has 1 aromatic heterocycles. The van der Waals surface area contributed by atoms with Crippen LogP contribution in [0.5, 0.6) is 5.75 Å². The van der Waals surface area contributed by atoms with Gasteiger partial charge in [0.15, 0.2) is 5.75 Å². The quantitative estimate of drug-likeness (QED) is 0.762. The van der Waals surface area contributed by atoms with Crippen molar-refractivity contribution in [2.24, 2.45) is 0 Å². The maximum Gasteiger partial charge on any atom is 0.223 e. The van der Waals surface area contributed by atoms with Gasteiger partial charge in [0.2, 0.25) is 5.43 Å². The average Bonchev–Trinajstić information content (AvgIpc) is 2.50. The summed E-state index contributed by atoms with van der Waals surface area (Å²) >= 11 is 0. The van der Waals surface area contributed by atoms with E-state index in [9.17, 15) is 9.90 Å². The molecule has 6 heteroatoms. The van der Waals surface area contributed by atoms with Crippen molar-refractivity contribution in [3.8, 4) is 5.75 Å².